The molecule has 3 nitrogen and oxygen atoms in total. The molecule has 2 rings (SSSR count). The van der Waals surface area contributed by atoms with E-state index >= 15 is 0 Å². The monoisotopic (exact) mass is 263 g/mol. The maximum atomic E-state index is 4.36. The van der Waals surface area contributed by atoms with Crippen molar-refractivity contribution >= 4 is 11.3 Å². The molecule has 1 unspecified atom stereocenters. The van der Waals surface area contributed by atoms with Gasteiger partial charge in [-0.15, -0.1) is 11.3 Å². The summed E-state index contributed by atoms with van der Waals surface area (Å²) in [6.45, 7) is 9.46. The Morgan fingerprint density at radius 1 is 1.33 bits per heavy atom. The van der Waals surface area contributed by atoms with Gasteiger partial charge >= 0.3 is 0 Å². The molecule has 1 atom stereocenters. The van der Waals surface area contributed by atoms with Crippen LogP contribution >= 0.6 is 11.3 Å². The van der Waals surface area contributed by atoms with Gasteiger partial charge < -0.3 is 5.32 Å². The van der Waals surface area contributed by atoms with Gasteiger partial charge in [-0.2, -0.15) is 5.10 Å². The lowest BCUT2D eigenvalue weighted by Crippen LogP contribution is -2.19. The molecule has 0 aliphatic rings. The maximum Gasteiger partial charge on any atom is 0.0597 e. The van der Waals surface area contributed by atoms with E-state index in [2.05, 4.69) is 43.3 Å². The Labute approximate surface area is 113 Å². The molecule has 0 amide bonds. The Bertz CT molecular complexity index is 539. The zero-order valence-corrected chi connectivity index (χ0v) is 12.6. The first-order valence-electron chi connectivity index (χ1n) is 6.27. The molecule has 98 valence electrons. The van der Waals surface area contributed by atoms with Crippen LogP contribution in [-0.4, -0.2) is 9.78 Å². The van der Waals surface area contributed by atoms with E-state index < -0.39 is 0 Å². The van der Waals surface area contributed by atoms with Crippen LogP contribution in [0.25, 0.3) is 0 Å². The van der Waals surface area contributed by atoms with Crippen molar-refractivity contribution in [2.75, 3.05) is 0 Å². The molecule has 0 bridgehead atoms. The Kier molecular flexibility index (Phi) is 3.88. The van der Waals surface area contributed by atoms with Gasteiger partial charge in [0.05, 0.1) is 11.4 Å². The highest BCUT2D eigenvalue weighted by atomic mass is 32.1. The smallest absolute Gasteiger partial charge is 0.0597 e. The van der Waals surface area contributed by atoms with Gasteiger partial charge in [-0.3, -0.25) is 4.68 Å². The minimum atomic E-state index is 0.380. The van der Waals surface area contributed by atoms with Crippen molar-refractivity contribution in [2.45, 2.75) is 40.3 Å². The molecule has 0 radical (unpaired) electrons. The second kappa shape index (κ2) is 5.24. The Morgan fingerprint density at radius 2 is 2.06 bits per heavy atom. The van der Waals surface area contributed by atoms with Gasteiger partial charge in [0, 0.05) is 29.4 Å². The number of aryl methyl sites for hydroxylation is 4. The fraction of sp³-hybridized carbons (Fsp3) is 0.500. The van der Waals surface area contributed by atoms with Crippen LogP contribution in [-0.2, 0) is 13.6 Å². The number of aromatic nitrogens is 2. The first-order chi connectivity index (χ1) is 8.47. The number of hydrogen-bond donors (Lipinski definition) is 1. The Morgan fingerprint density at radius 3 is 2.56 bits per heavy atom. The molecule has 2 heterocycles. The molecular weight excluding hydrogens is 242 g/mol. The SMILES string of the molecule is Cc1cc(CNC(C)c2cc(C)sc2C)n(C)n1. The highest BCUT2D eigenvalue weighted by molar-refractivity contribution is 7.12. The highest BCUT2D eigenvalue weighted by Crippen LogP contribution is 2.26. The molecule has 4 heteroatoms. The first-order valence-corrected chi connectivity index (χ1v) is 7.09. The van der Waals surface area contributed by atoms with E-state index in [1.165, 1.54) is 21.0 Å². The van der Waals surface area contributed by atoms with Crippen molar-refractivity contribution in [1.29, 1.82) is 0 Å². The first kappa shape index (κ1) is 13.3. The van der Waals surface area contributed by atoms with Crippen LogP contribution in [0.5, 0.6) is 0 Å². The summed E-state index contributed by atoms with van der Waals surface area (Å²) in [7, 11) is 1.99. The minimum Gasteiger partial charge on any atom is -0.305 e. The summed E-state index contributed by atoms with van der Waals surface area (Å²) in [6.07, 6.45) is 0. The third kappa shape index (κ3) is 2.82. The summed E-state index contributed by atoms with van der Waals surface area (Å²) in [4.78, 5) is 2.79. The van der Waals surface area contributed by atoms with E-state index in [0.29, 0.717) is 6.04 Å². The average molecular weight is 263 g/mol. The molecule has 0 spiro atoms. The Hall–Kier alpha value is -1.13. The van der Waals surface area contributed by atoms with Gasteiger partial charge in [0.2, 0.25) is 0 Å². The standard InChI is InChI=1S/C14H21N3S/c1-9-6-13(17(5)16-9)8-15-11(3)14-7-10(2)18-12(14)4/h6-7,11,15H,8H2,1-5H3. The molecular formula is C14H21N3S. The highest BCUT2D eigenvalue weighted by Gasteiger charge is 2.11. The van der Waals surface area contributed by atoms with Gasteiger partial charge in [-0.1, -0.05) is 0 Å². The third-order valence-electron chi connectivity index (χ3n) is 3.23. The van der Waals surface area contributed by atoms with Crippen molar-refractivity contribution in [1.82, 2.24) is 15.1 Å². The van der Waals surface area contributed by atoms with Crippen LogP contribution in [0.15, 0.2) is 12.1 Å². The lowest BCUT2D eigenvalue weighted by atomic mass is 10.1. The molecule has 18 heavy (non-hydrogen) atoms. The fourth-order valence-corrected chi connectivity index (χ4v) is 3.30. The normalized spacial score (nSPS) is 12.9. The molecule has 2 aromatic rings. The molecule has 1 N–H and O–H groups in total. The lowest BCUT2D eigenvalue weighted by Gasteiger charge is -2.13. The van der Waals surface area contributed by atoms with Gasteiger partial charge in [-0.05, 0) is 45.4 Å². The second-order valence-electron chi connectivity index (χ2n) is 4.87. The van der Waals surface area contributed by atoms with Crippen molar-refractivity contribution in [3.05, 3.63) is 38.8 Å². The summed E-state index contributed by atoms with van der Waals surface area (Å²) in [5.74, 6) is 0. The summed E-state index contributed by atoms with van der Waals surface area (Å²) in [5, 5.41) is 7.93. The van der Waals surface area contributed by atoms with Crippen LogP contribution < -0.4 is 5.32 Å². The lowest BCUT2D eigenvalue weighted by molar-refractivity contribution is 0.547. The number of nitrogens with one attached hydrogen (secondary N) is 1. The molecule has 0 saturated heterocycles. The number of nitrogens with zero attached hydrogens (tertiary/aromatic N) is 2. The number of rotatable bonds is 4. The number of hydrogen-bond acceptors (Lipinski definition) is 3. The molecule has 0 aliphatic heterocycles. The number of thiophene rings is 1. The topological polar surface area (TPSA) is 29.9 Å². The summed E-state index contributed by atoms with van der Waals surface area (Å²) >= 11 is 1.87. The van der Waals surface area contributed by atoms with E-state index in [9.17, 15) is 0 Å². The zero-order valence-electron chi connectivity index (χ0n) is 11.7. The van der Waals surface area contributed by atoms with Crippen molar-refractivity contribution < 1.29 is 0 Å². The van der Waals surface area contributed by atoms with Crippen LogP contribution in [0, 0.1) is 20.8 Å². The summed E-state index contributed by atoms with van der Waals surface area (Å²) < 4.78 is 1.95. The Balaban J connectivity index is 2.02. The van der Waals surface area contributed by atoms with E-state index in [1.54, 1.807) is 0 Å². The van der Waals surface area contributed by atoms with Crippen LogP contribution in [0.2, 0.25) is 0 Å². The van der Waals surface area contributed by atoms with Crippen LogP contribution in [0.4, 0.5) is 0 Å². The second-order valence-corrected chi connectivity index (χ2v) is 6.33. The summed E-state index contributed by atoms with van der Waals surface area (Å²) in [6, 6.07) is 4.79. The van der Waals surface area contributed by atoms with E-state index in [-0.39, 0.29) is 0 Å². The predicted molar refractivity (Wildman–Crippen MR) is 77.0 cm³/mol. The molecule has 0 aromatic carbocycles. The van der Waals surface area contributed by atoms with Crippen LogP contribution in [0.1, 0.15) is 39.7 Å². The van der Waals surface area contributed by atoms with Crippen LogP contribution in [0.3, 0.4) is 0 Å². The average Bonchev–Trinajstić information content (AvgIpc) is 2.78. The van der Waals surface area contributed by atoms with Gasteiger partial charge in [0.25, 0.3) is 0 Å². The maximum absolute atomic E-state index is 4.36. The molecule has 0 fully saturated rings. The van der Waals surface area contributed by atoms with Gasteiger partial charge in [0.1, 0.15) is 0 Å². The largest absolute Gasteiger partial charge is 0.305 e. The predicted octanol–water partition coefficient (Wildman–Crippen LogP) is 3.26. The van der Waals surface area contributed by atoms with Gasteiger partial charge in [-0.25, -0.2) is 0 Å². The quantitative estimate of drug-likeness (QED) is 0.917. The fourth-order valence-electron chi connectivity index (χ4n) is 2.28. The van der Waals surface area contributed by atoms with E-state index in [1.807, 2.05) is 30.0 Å². The van der Waals surface area contributed by atoms with Crippen molar-refractivity contribution in [3.8, 4) is 0 Å². The van der Waals surface area contributed by atoms with E-state index in [0.717, 1.165) is 12.2 Å². The third-order valence-corrected chi connectivity index (χ3v) is 4.22. The zero-order chi connectivity index (χ0) is 13.3. The molecule has 0 aliphatic carbocycles. The van der Waals surface area contributed by atoms with E-state index in [4.69, 9.17) is 0 Å². The molecule has 2 aromatic heterocycles. The van der Waals surface area contributed by atoms with Crippen molar-refractivity contribution in [2.24, 2.45) is 7.05 Å². The minimum absolute atomic E-state index is 0.380. The van der Waals surface area contributed by atoms with Gasteiger partial charge in [0.15, 0.2) is 0 Å². The summed E-state index contributed by atoms with van der Waals surface area (Å²) in [5.41, 5.74) is 3.71. The molecule has 0 saturated carbocycles. The van der Waals surface area contributed by atoms with Crippen molar-refractivity contribution in [3.63, 3.8) is 0 Å².